The summed E-state index contributed by atoms with van der Waals surface area (Å²) >= 11 is 1.31. The van der Waals surface area contributed by atoms with E-state index in [0.29, 0.717) is 22.8 Å². The van der Waals surface area contributed by atoms with Crippen LogP contribution in [0.2, 0.25) is 0 Å². The zero-order chi connectivity index (χ0) is 18.0. The summed E-state index contributed by atoms with van der Waals surface area (Å²) in [5.74, 6) is -0.433. The Morgan fingerprint density at radius 3 is 2.96 bits per heavy atom. The van der Waals surface area contributed by atoms with Crippen molar-refractivity contribution in [2.75, 3.05) is 11.6 Å². The molecule has 0 radical (unpaired) electrons. The second-order valence-electron chi connectivity index (χ2n) is 5.62. The van der Waals surface area contributed by atoms with E-state index in [1.807, 2.05) is 0 Å². The number of benzene rings is 1. The molecular weight excluding hydrogens is 344 g/mol. The van der Waals surface area contributed by atoms with Crippen molar-refractivity contribution in [3.63, 3.8) is 0 Å². The van der Waals surface area contributed by atoms with Gasteiger partial charge in [-0.3, -0.25) is 24.3 Å². The Bertz CT molecular complexity index is 909. The van der Waals surface area contributed by atoms with Gasteiger partial charge in [0, 0.05) is 23.4 Å². The monoisotopic (exact) mass is 360 g/mol. The van der Waals surface area contributed by atoms with Crippen LogP contribution in [-0.2, 0) is 24.2 Å². The number of nitro groups is 1. The van der Waals surface area contributed by atoms with E-state index in [1.165, 1.54) is 34.5 Å². The summed E-state index contributed by atoms with van der Waals surface area (Å²) in [7, 11) is 0. The van der Waals surface area contributed by atoms with Gasteiger partial charge in [-0.05, 0) is 31.6 Å². The number of non-ortho nitro benzene ring substituents is 1. The second-order valence-corrected chi connectivity index (χ2v) is 6.40. The predicted octanol–water partition coefficient (Wildman–Crippen LogP) is 2.00. The van der Waals surface area contributed by atoms with Gasteiger partial charge in [0.05, 0.1) is 10.6 Å². The van der Waals surface area contributed by atoms with Gasteiger partial charge >= 0.3 is 0 Å². The van der Waals surface area contributed by atoms with Crippen LogP contribution in [0.15, 0.2) is 34.2 Å². The molecule has 25 heavy (non-hydrogen) atoms. The molecule has 8 nitrogen and oxygen atoms in total. The van der Waals surface area contributed by atoms with Crippen LogP contribution in [0.1, 0.15) is 17.7 Å². The third-order valence-corrected chi connectivity index (χ3v) is 4.66. The van der Waals surface area contributed by atoms with Crippen LogP contribution in [0.25, 0.3) is 0 Å². The predicted molar refractivity (Wildman–Crippen MR) is 94.0 cm³/mol. The first kappa shape index (κ1) is 17.2. The first-order chi connectivity index (χ1) is 12.0. The fraction of sp³-hybridized carbons (Fsp3) is 0.312. The Kier molecular flexibility index (Phi) is 4.84. The molecule has 0 saturated heterocycles. The molecule has 1 heterocycles. The molecule has 1 amide bonds. The minimum Gasteiger partial charge on any atom is -0.324 e. The van der Waals surface area contributed by atoms with E-state index < -0.39 is 10.8 Å². The van der Waals surface area contributed by atoms with Gasteiger partial charge in [0.15, 0.2) is 5.16 Å². The van der Waals surface area contributed by atoms with Crippen molar-refractivity contribution >= 4 is 29.0 Å². The molecule has 130 valence electrons. The molecule has 1 aliphatic rings. The number of carbonyl (C=O) groups is 1. The average Bonchev–Trinajstić information content (AvgIpc) is 3.06. The molecule has 0 fully saturated rings. The summed E-state index contributed by atoms with van der Waals surface area (Å²) in [6.07, 6.45) is 4.18. The highest BCUT2D eigenvalue weighted by atomic mass is 32.2. The molecule has 1 aromatic carbocycles. The van der Waals surface area contributed by atoms with Crippen LogP contribution in [0.5, 0.6) is 0 Å². The number of carbonyl (C=O) groups excluding carboxylic acids is 1. The van der Waals surface area contributed by atoms with Crippen LogP contribution in [0.3, 0.4) is 0 Å². The first-order valence-corrected chi connectivity index (χ1v) is 8.93. The standard InChI is InChI=1S/C16H16N4O4S/c1-25-16-18-13-7-3-6-12(13)15(22)19(16)9-14(21)17-10-4-2-5-11(8-10)20(23)24/h2,4-5,8H,3,6-7,9H2,1H3,(H,17,21). The normalized spacial score (nSPS) is 12.7. The molecule has 2 aromatic rings. The molecule has 0 spiro atoms. The van der Waals surface area contributed by atoms with Gasteiger partial charge in [-0.25, -0.2) is 4.98 Å². The molecule has 1 aliphatic carbocycles. The molecule has 0 unspecified atom stereocenters. The van der Waals surface area contributed by atoms with Crippen molar-refractivity contribution in [2.24, 2.45) is 0 Å². The van der Waals surface area contributed by atoms with Gasteiger partial charge < -0.3 is 5.32 Å². The van der Waals surface area contributed by atoms with Gasteiger partial charge in [0.1, 0.15) is 6.54 Å². The van der Waals surface area contributed by atoms with Crippen LogP contribution in [0, 0.1) is 10.1 Å². The molecule has 9 heteroatoms. The summed E-state index contributed by atoms with van der Waals surface area (Å²) in [5, 5.41) is 13.9. The van der Waals surface area contributed by atoms with Gasteiger partial charge in [-0.2, -0.15) is 0 Å². The molecule has 0 atom stereocenters. The Balaban J connectivity index is 1.83. The van der Waals surface area contributed by atoms with E-state index in [9.17, 15) is 19.7 Å². The highest BCUT2D eigenvalue weighted by molar-refractivity contribution is 7.98. The van der Waals surface area contributed by atoms with E-state index >= 15 is 0 Å². The quantitative estimate of drug-likeness (QED) is 0.378. The van der Waals surface area contributed by atoms with E-state index in [0.717, 1.165) is 18.5 Å². The fourth-order valence-electron chi connectivity index (χ4n) is 2.84. The van der Waals surface area contributed by atoms with Crippen LogP contribution in [-0.4, -0.2) is 26.6 Å². The Hall–Kier alpha value is -2.68. The molecular formula is C16H16N4O4S. The van der Waals surface area contributed by atoms with Crippen LogP contribution < -0.4 is 10.9 Å². The molecule has 3 rings (SSSR count). The Labute approximate surface area is 147 Å². The van der Waals surface area contributed by atoms with Crippen molar-refractivity contribution in [3.05, 3.63) is 56.0 Å². The van der Waals surface area contributed by atoms with E-state index in [-0.39, 0.29) is 17.8 Å². The van der Waals surface area contributed by atoms with E-state index in [1.54, 1.807) is 12.3 Å². The Morgan fingerprint density at radius 2 is 2.24 bits per heavy atom. The van der Waals surface area contributed by atoms with E-state index in [2.05, 4.69) is 10.3 Å². The van der Waals surface area contributed by atoms with Gasteiger partial charge in [0.25, 0.3) is 11.2 Å². The number of aromatic nitrogens is 2. The summed E-state index contributed by atoms with van der Waals surface area (Å²) in [6.45, 7) is -0.183. The first-order valence-electron chi connectivity index (χ1n) is 7.70. The molecule has 1 N–H and O–H groups in total. The zero-order valence-electron chi connectivity index (χ0n) is 13.5. The number of amides is 1. The summed E-state index contributed by atoms with van der Waals surface area (Å²) < 4.78 is 1.36. The molecule has 1 aromatic heterocycles. The number of hydrogen-bond acceptors (Lipinski definition) is 6. The molecule has 0 saturated carbocycles. The lowest BCUT2D eigenvalue weighted by Crippen LogP contribution is -2.32. The second kappa shape index (κ2) is 7.06. The number of fused-ring (bicyclic) bond motifs is 1. The lowest BCUT2D eigenvalue weighted by atomic mass is 10.2. The molecule has 0 aliphatic heterocycles. The summed E-state index contributed by atoms with van der Waals surface area (Å²) in [5.41, 5.74) is 1.53. The van der Waals surface area contributed by atoms with Crippen molar-refractivity contribution in [2.45, 2.75) is 31.0 Å². The third-order valence-electron chi connectivity index (χ3n) is 3.98. The van der Waals surface area contributed by atoms with E-state index in [4.69, 9.17) is 0 Å². The number of anilines is 1. The number of nitrogens with one attached hydrogen (secondary N) is 1. The van der Waals surface area contributed by atoms with Crippen molar-refractivity contribution in [3.8, 4) is 0 Å². The zero-order valence-corrected chi connectivity index (χ0v) is 14.3. The number of thioether (sulfide) groups is 1. The Morgan fingerprint density at radius 1 is 1.44 bits per heavy atom. The lowest BCUT2D eigenvalue weighted by molar-refractivity contribution is -0.384. The highest BCUT2D eigenvalue weighted by Gasteiger charge is 2.21. The van der Waals surface area contributed by atoms with Crippen molar-refractivity contribution < 1.29 is 9.72 Å². The van der Waals surface area contributed by atoms with Crippen molar-refractivity contribution in [1.29, 1.82) is 0 Å². The molecule has 0 bridgehead atoms. The maximum Gasteiger partial charge on any atom is 0.271 e. The summed E-state index contributed by atoms with van der Waals surface area (Å²) in [4.78, 5) is 39.7. The highest BCUT2D eigenvalue weighted by Crippen LogP contribution is 2.21. The minimum absolute atomic E-state index is 0.112. The number of nitrogens with zero attached hydrogens (tertiary/aromatic N) is 3. The number of nitro benzene ring substituents is 1. The van der Waals surface area contributed by atoms with Crippen LogP contribution >= 0.6 is 11.8 Å². The summed E-state index contributed by atoms with van der Waals surface area (Å²) in [6, 6.07) is 5.67. The number of aryl methyl sites for hydroxylation is 1. The average molecular weight is 360 g/mol. The largest absolute Gasteiger partial charge is 0.324 e. The maximum absolute atomic E-state index is 12.6. The lowest BCUT2D eigenvalue weighted by Gasteiger charge is -2.12. The van der Waals surface area contributed by atoms with Crippen LogP contribution in [0.4, 0.5) is 11.4 Å². The smallest absolute Gasteiger partial charge is 0.271 e. The SMILES string of the molecule is CSc1nc2c(c(=O)n1CC(=O)Nc1cccc([N+](=O)[O-])c1)CCC2. The maximum atomic E-state index is 12.6. The number of rotatable bonds is 5. The van der Waals surface area contributed by atoms with Gasteiger partial charge in [-0.1, -0.05) is 17.8 Å². The number of hydrogen-bond donors (Lipinski definition) is 1. The van der Waals surface area contributed by atoms with Crippen molar-refractivity contribution in [1.82, 2.24) is 9.55 Å². The third kappa shape index (κ3) is 3.55. The van der Waals surface area contributed by atoms with Gasteiger partial charge in [0.2, 0.25) is 5.91 Å². The topological polar surface area (TPSA) is 107 Å². The fourth-order valence-corrected chi connectivity index (χ4v) is 3.41. The van der Waals surface area contributed by atoms with Gasteiger partial charge in [-0.15, -0.1) is 0 Å². The minimum atomic E-state index is -0.531.